The first-order valence-corrected chi connectivity index (χ1v) is 12.7. The van der Waals surface area contributed by atoms with Gasteiger partial charge in [-0.25, -0.2) is 9.37 Å². The predicted octanol–water partition coefficient (Wildman–Crippen LogP) is 6.23. The lowest BCUT2D eigenvalue weighted by atomic mass is 10.0. The van der Waals surface area contributed by atoms with Gasteiger partial charge >= 0.3 is 0 Å². The van der Waals surface area contributed by atoms with Crippen molar-refractivity contribution in [3.63, 3.8) is 0 Å². The van der Waals surface area contributed by atoms with Crippen molar-refractivity contribution in [2.24, 2.45) is 5.73 Å². The quantitative estimate of drug-likeness (QED) is 0.121. The minimum Gasteiger partial charge on any atom is -0.494 e. The number of rotatable bonds is 11. The molecule has 202 valence electrons. The highest BCUT2D eigenvalue weighted by Gasteiger charge is 2.21. The summed E-state index contributed by atoms with van der Waals surface area (Å²) in [6.45, 7) is 7.54. The number of carbonyl (C=O) groups excluding carboxylic acids is 1. The molecule has 1 heterocycles. The van der Waals surface area contributed by atoms with Gasteiger partial charge in [-0.05, 0) is 58.0 Å². The minimum atomic E-state index is -0.494. The van der Waals surface area contributed by atoms with Gasteiger partial charge in [-0.2, -0.15) is 0 Å². The maximum atomic E-state index is 15.7. The molecule has 0 bridgehead atoms. The summed E-state index contributed by atoms with van der Waals surface area (Å²) in [6.07, 6.45) is 1.49. The van der Waals surface area contributed by atoms with E-state index in [1.54, 1.807) is 53.6 Å². The van der Waals surface area contributed by atoms with Gasteiger partial charge in [0.2, 0.25) is 5.95 Å². The Hall–Kier alpha value is -4.66. The van der Waals surface area contributed by atoms with Crippen LogP contribution in [0.5, 0.6) is 11.5 Å². The van der Waals surface area contributed by atoms with Crippen molar-refractivity contribution >= 4 is 23.3 Å². The highest BCUT2D eigenvalue weighted by atomic mass is 19.1. The number of ether oxygens (including phenoxy) is 2. The third kappa shape index (κ3) is 6.26. The summed E-state index contributed by atoms with van der Waals surface area (Å²) >= 11 is 0. The van der Waals surface area contributed by atoms with Gasteiger partial charge in [0, 0.05) is 40.2 Å². The van der Waals surface area contributed by atoms with Gasteiger partial charge < -0.3 is 25.1 Å². The molecular weight excluding hydrogens is 497 g/mol. The van der Waals surface area contributed by atoms with Crippen molar-refractivity contribution in [1.29, 1.82) is 5.41 Å². The van der Waals surface area contributed by atoms with Crippen molar-refractivity contribution in [1.82, 2.24) is 9.97 Å². The van der Waals surface area contributed by atoms with Gasteiger partial charge in [0.05, 0.1) is 24.9 Å². The van der Waals surface area contributed by atoms with Crippen molar-refractivity contribution < 1.29 is 18.7 Å². The summed E-state index contributed by atoms with van der Waals surface area (Å²) in [4.78, 5) is 22.0. The Kier molecular flexibility index (Phi) is 8.29. The van der Waals surface area contributed by atoms with Crippen LogP contribution in [0.25, 0.3) is 11.3 Å². The lowest BCUT2D eigenvalue weighted by Crippen LogP contribution is -2.20. The molecule has 0 amide bonds. The molecule has 3 aromatic carbocycles. The number of ketones is 1. The zero-order valence-electron chi connectivity index (χ0n) is 22.4. The molecule has 0 radical (unpaired) electrons. The number of anilines is 2. The van der Waals surface area contributed by atoms with Crippen LogP contribution in [-0.4, -0.2) is 34.3 Å². The molecule has 0 aliphatic carbocycles. The summed E-state index contributed by atoms with van der Waals surface area (Å²) in [5.74, 6) is 0.414. The zero-order chi connectivity index (χ0) is 28.1. The van der Waals surface area contributed by atoms with E-state index in [-0.39, 0.29) is 30.0 Å². The molecule has 0 saturated carbocycles. The van der Waals surface area contributed by atoms with Crippen molar-refractivity contribution in [3.8, 4) is 22.8 Å². The molecular formula is C30H32FN5O3. The van der Waals surface area contributed by atoms with Crippen LogP contribution in [0, 0.1) is 11.2 Å². The number of carbonyl (C=O) groups is 1. The number of H-pyrrole nitrogens is 1. The van der Waals surface area contributed by atoms with Gasteiger partial charge in [-0.15, -0.1) is 0 Å². The SMILES string of the molecule is CCOc1cc(CN(c2ccc(C(=N)N)cc2)c2nc(-c3ccccc3C(C)=O)c[nH]2)c(F)c(OC(C)C)c1. The highest BCUT2D eigenvalue weighted by molar-refractivity contribution is 6.00. The van der Waals surface area contributed by atoms with Crippen LogP contribution >= 0.6 is 0 Å². The fourth-order valence-corrected chi connectivity index (χ4v) is 4.21. The van der Waals surface area contributed by atoms with E-state index >= 15 is 4.39 Å². The van der Waals surface area contributed by atoms with Gasteiger partial charge in [0.1, 0.15) is 11.6 Å². The van der Waals surface area contributed by atoms with Gasteiger partial charge in [0.15, 0.2) is 17.3 Å². The van der Waals surface area contributed by atoms with Gasteiger partial charge in [-0.3, -0.25) is 10.2 Å². The molecule has 0 aliphatic rings. The lowest BCUT2D eigenvalue weighted by molar-refractivity contribution is 0.101. The Morgan fingerprint density at radius 1 is 1.15 bits per heavy atom. The molecule has 0 saturated heterocycles. The Morgan fingerprint density at radius 3 is 2.51 bits per heavy atom. The number of halogens is 1. The standard InChI is InChI=1S/C30H32FN5O3/c1-5-38-23-14-21(28(31)27(15-23)39-18(2)3)17-36(22-12-10-20(11-13-22)29(32)33)30-34-16-26(35-30)25-9-7-6-8-24(25)19(4)37/h6-16,18H,5,17H2,1-4H3,(H3,32,33)(H,34,35). The largest absolute Gasteiger partial charge is 0.494 e. The number of nitrogen functional groups attached to an aromatic ring is 1. The number of amidine groups is 1. The maximum absolute atomic E-state index is 15.7. The molecule has 1 aromatic heterocycles. The number of imidazole rings is 1. The molecule has 0 fully saturated rings. The Labute approximate surface area is 227 Å². The van der Waals surface area contributed by atoms with Gasteiger partial charge in [0.25, 0.3) is 0 Å². The topological polar surface area (TPSA) is 117 Å². The monoisotopic (exact) mass is 529 g/mol. The molecule has 8 nitrogen and oxygen atoms in total. The zero-order valence-corrected chi connectivity index (χ0v) is 22.4. The molecule has 0 aliphatic heterocycles. The highest BCUT2D eigenvalue weighted by Crippen LogP contribution is 2.34. The number of hydrogen-bond donors (Lipinski definition) is 3. The van der Waals surface area contributed by atoms with Crippen LogP contribution in [0.15, 0.2) is 66.9 Å². The fourth-order valence-electron chi connectivity index (χ4n) is 4.21. The Bertz CT molecular complexity index is 1480. The molecule has 39 heavy (non-hydrogen) atoms. The second-order valence-corrected chi connectivity index (χ2v) is 9.25. The van der Waals surface area contributed by atoms with Crippen LogP contribution in [0.3, 0.4) is 0 Å². The number of nitrogens with two attached hydrogens (primary N) is 1. The number of hydrogen-bond acceptors (Lipinski definition) is 6. The van der Waals surface area contributed by atoms with Crippen molar-refractivity contribution in [2.45, 2.75) is 40.3 Å². The van der Waals surface area contributed by atoms with E-state index in [0.29, 0.717) is 51.9 Å². The minimum absolute atomic E-state index is 0.0554. The second kappa shape index (κ2) is 11.8. The first kappa shape index (κ1) is 27.4. The molecule has 4 N–H and O–H groups in total. The lowest BCUT2D eigenvalue weighted by Gasteiger charge is -2.24. The average Bonchev–Trinajstić information content (AvgIpc) is 3.39. The van der Waals surface area contributed by atoms with E-state index in [1.165, 1.54) is 6.92 Å². The van der Waals surface area contributed by atoms with E-state index in [0.717, 1.165) is 0 Å². The number of nitrogens with zero attached hydrogens (tertiary/aromatic N) is 2. The molecule has 4 aromatic rings. The first-order chi connectivity index (χ1) is 18.7. The number of nitrogens with one attached hydrogen (secondary N) is 2. The molecule has 0 unspecified atom stereocenters. The summed E-state index contributed by atoms with van der Waals surface area (Å²) in [5.41, 5.74) is 9.06. The van der Waals surface area contributed by atoms with Crippen LogP contribution in [0.1, 0.15) is 49.2 Å². The normalized spacial score (nSPS) is 10.9. The number of benzene rings is 3. The Morgan fingerprint density at radius 2 is 1.87 bits per heavy atom. The summed E-state index contributed by atoms with van der Waals surface area (Å²) in [7, 11) is 0. The molecule has 4 rings (SSSR count). The Balaban J connectivity index is 1.81. The number of aromatic amines is 1. The maximum Gasteiger partial charge on any atom is 0.208 e. The van der Waals surface area contributed by atoms with E-state index in [2.05, 4.69) is 4.98 Å². The first-order valence-electron chi connectivity index (χ1n) is 12.7. The van der Waals surface area contributed by atoms with E-state index in [4.69, 9.17) is 25.6 Å². The van der Waals surface area contributed by atoms with Crippen molar-refractivity contribution in [2.75, 3.05) is 11.5 Å². The third-order valence-corrected chi connectivity index (χ3v) is 5.98. The second-order valence-electron chi connectivity index (χ2n) is 9.25. The summed E-state index contributed by atoms with van der Waals surface area (Å²) in [6, 6.07) is 17.5. The molecule has 0 atom stereocenters. The smallest absolute Gasteiger partial charge is 0.208 e. The predicted molar refractivity (Wildman–Crippen MR) is 151 cm³/mol. The van der Waals surface area contributed by atoms with Gasteiger partial charge in [-0.1, -0.05) is 24.3 Å². The molecule has 9 heteroatoms. The average molecular weight is 530 g/mol. The van der Waals surface area contributed by atoms with Crippen LogP contribution in [-0.2, 0) is 6.54 Å². The van der Waals surface area contributed by atoms with Crippen LogP contribution < -0.4 is 20.1 Å². The van der Waals surface area contributed by atoms with E-state index in [1.807, 2.05) is 39.0 Å². The van der Waals surface area contributed by atoms with E-state index < -0.39 is 5.82 Å². The fraction of sp³-hybridized carbons (Fsp3) is 0.233. The van der Waals surface area contributed by atoms with Crippen molar-refractivity contribution in [3.05, 3.63) is 89.4 Å². The van der Waals surface area contributed by atoms with Crippen LogP contribution in [0.4, 0.5) is 16.0 Å². The third-order valence-electron chi connectivity index (χ3n) is 5.98. The number of aromatic nitrogens is 2. The summed E-state index contributed by atoms with van der Waals surface area (Å²) < 4.78 is 27.1. The van der Waals surface area contributed by atoms with Crippen LogP contribution in [0.2, 0.25) is 0 Å². The summed E-state index contributed by atoms with van der Waals surface area (Å²) in [5, 5.41) is 7.72. The van der Waals surface area contributed by atoms with E-state index in [9.17, 15) is 4.79 Å². The molecule has 0 spiro atoms. The number of Topliss-reactive ketones (excluding diaryl/α,β-unsaturated/α-hetero) is 1.